The second-order valence-corrected chi connectivity index (χ2v) is 8.82. The highest BCUT2D eigenvalue weighted by molar-refractivity contribution is 6.34. The number of carbonyl (C=O) groups is 2. The van der Waals surface area contributed by atoms with Crippen molar-refractivity contribution in [1.82, 2.24) is 0 Å². The predicted octanol–water partition coefficient (Wildman–Crippen LogP) is 6.45. The number of allylic oxidation sites excluding steroid dienone is 2. The third kappa shape index (κ3) is 4.31. The topological polar surface area (TPSA) is 46.6 Å². The third-order valence-corrected chi connectivity index (χ3v) is 6.62. The van der Waals surface area contributed by atoms with E-state index < -0.39 is 0 Å². The van der Waals surface area contributed by atoms with Gasteiger partial charge >= 0.3 is 0 Å². The van der Waals surface area contributed by atoms with E-state index in [0.29, 0.717) is 30.2 Å². The molecule has 0 bridgehead atoms. The lowest BCUT2D eigenvalue weighted by molar-refractivity contribution is -0.119. The number of anilines is 1. The molecule has 0 spiro atoms. The zero-order chi connectivity index (χ0) is 22.8. The summed E-state index contributed by atoms with van der Waals surface area (Å²) in [6.07, 6.45) is 2.18. The van der Waals surface area contributed by atoms with E-state index in [4.69, 9.17) is 16.3 Å². The van der Waals surface area contributed by atoms with Crippen molar-refractivity contribution in [2.45, 2.75) is 38.2 Å². The van der Waals surface area contributed by atoms with Gasteiger partial charge in [0.05, 0.1) is 10.7 Å². The molecule has 1 amide bonds. The van der Waals surface area contributed by atoms with Crippen LogP contribution in [0.15, 0.2) is 90.1 Å². The normalized spacial score (nSPS) is 18.3. The Morgan fingerprint density at radius 3 is 2.36 bits per heavy atom. The summed E-state index contributed by atoms with van der Waals surface area (Å²) >= 11 is 6.42. The van der Waals surface area contributed by atoms with Crippen LogP contribution in [0, 0.1) is 0 Å². The van der Waals surface area contributed by atoms with Gasteiger partial charge in [0.15, 0.2) is 5.78 Å². The highest BCUT2D eigenvalue weighted by Crippen LogP contribution is 2.44. The summed E-state index contributed by atoms with van der Waals surface area (Å²) in [7, 11) is 0. The van der Waals surface area contributed by atoms with Crippen LogP contribution in [0.2, 0.25) is 5.02 Å². The van der Waals surface area contributed by atoms with Crippen LogP contribution >= 0.6 is 11.6 Å². The summed E-state index contributed by atoms with van der Waals surface area (Å²) in [5, 5.41) is 0.508. The highest BCUT2D eigenvalue weighted by atomic mass is 35.5. The first-order chi connectivity index (χ1) is 16.1. The van der Waals surface area contributed by atoms with Gasteiger partial charge in [-0.2, -0.15) is 0 Å². The number of amides is 1. The molecule has 1 aliphatic heterocycles. The molecule has 1 atom stereocenters. The number of halogens is 1. The van der Waals surface area contributed by atoms with Crippen molar-refractivity contribution in [2.75, 3.05) is 4.90 Å². The van der Waals surface area contributed by atoms with E-state index in [2.05, 4.69) is 0 Å². The highest BCUT2D eigenvalue weighted by Gasteiger charge is 2.40. The molecule has 0 saturated carbocycles. The molecule has 33 heavy (non-hydrogen) atoms. The summed E-state index contributed by atoms with van der Waals surface area (Å²) in [5.74, 6) is 0.593. The summed E-state index contributed by atoms with van der Waals surface area (Å²) in [5.41, 5.74) is 4.25. The molecule has 1 unspecified atom stereocenters. The summed E-state index contributed by atoms with van der Waals surface area (Å²) in [6.45, 7) is 0.489. The Morgan fingerprint density at radius 2 is 1.61 bits per heavy atom. The van der Waals surface area contributed by atoms with Crippen molar-refractivity contribution >= 4 is 29.0 Å². The molecule has 0 fully saturated rings. The van der Waals surface area contributed by atoms with Gasteiger partial charge in [0.25, 0.3) is 0 Å². The van der Waals surface area contributed by atoms with Gasteiger partial charge in [-0.15, -0.1) is 0 Å². The number of rotatable bonds is 5. The molecule has 1 heterocycles. The van der Waals surface area contributed by atoms with Gasteiger partial charge in [-0.1, -0.05) is 66.2 Å². The smallest absolute Gasteiger partial charge is 0.232 e. The van der Waals surface area contributed by atoms with Gasteiger partial charge < -0.3 is 4.74 Å². The molecule has 0 radical (unpaired) electrons. The summed E-state index contributed by atoms with van der Waals surface area (Å²) < 4.78 is 5.90. The van der Waals surface area contributed by atoms with Crippen LogP contribution in [0.5, 0.6) is 5.75 Å². The van der Waals surface area contributed by atoms with Gasteiger partial charge in [0, 0.05) is 30.0 Å². The molecule has 2 aliphatic rings. The Hall–Kier alpha value is -3.37. The van der Waals surface area contributed by atoms with E-state index in [9.17, 15) is 9.59 Å². The fraction of sp³-hybridized carbons (Fsp3) is 0.214. The van der Waals surface area contributed by atoms with Crippen LogP contribution < -0.4 is 9.64 Å². The second-order valence-electron chi connectivity index (χ2n) is 8.42. The molecule has 0 saturated heterocycles. The van der Waals surface area contributed by atoms with Crippen molar-refractivity contribution in [3.63, 3.8) is 0 Å². The van der Waals surface area contributed by atoms with Crippen LogP contribution in [0.4, 0.5) is 5.69 Å². The number of hydrogen-bond acceptors (Lipinski definition) is 3. The molecule has 5 heteroatoms. The first-order valence-corrected chi connectivity index (χ1v) is 11.6. The minimum atomic E-state index is -0.248. The average Bonchev–Trinajstić information content (AvgIpc) is 2.84. The Labute approximate surface area is 198 Å². The molecule has 0 aromatic heterocycles. The molecule has 3 aromatic rings. The van der Waals surface area contributed by atoms with Crippen LogP contribution in [-0.2, 0) is 16.2 Å². The molecule has 5 rings (SSSR count). The van der Waals surface area contributed by atoms with Crippen molar-refractivity contribution in [2.24, 2.45) is 0 Å². The fourth-order valence-corrected chi connectivity index (χ4v) is 4.95. The Kier molecular flexibility index (Phi) is 6.01. The van der Waals surface area contributed by atoms with Gasteiger partial charge in [0.2, 0.25) is 5.91 Å². The molecule has 0 N–H and O–H groups in total. The third-order valence-electron chi connectivity index (χ3n) is 6.30. The molecule has 4 nitrogen and oxygen atoms in total. The van der Waals surface area contributed by atoms with Gasteiger partial charge in [0.1, 0.15) is 12.4 Å². The lowest BCUT2D eigenvalue weighted by atomic mass is 9.77. The first-order valence-electron chi connectivity index (χ1n) is 11.2. The number of para-hydroxylation sites is 1. The van der Waals surface area contributed by atoms with Crippen molar-refractivity contribution in [3.05, 3.63) is 106 Å². The van der Waals surface area contributed by atoms with E-state index in [0.717, 1.165) is 34.6 Å². The molecule has 1 aliphatic carbocycles. The zero-order valence-electron chi connectivity index (χ0n) is 18.2. The number of nitrogens with zero attached hydrogens (tertiary/aromatic N) is 1. The Balaban J connectivity index is 1.45. The second kappa shape index (κ2) is 9.24. The monoisotopic (exact) mass is 457 g/mol. The van der Waals surface area contributed by atoms with Gasteiger partial charge in [-0.25, -0.2) is 0 Å². The van der Waals surface area contributed by atoms with E-state index in [-0.39, 0.29) is 24.0 Å². The Morgan fingerprint density at radius 1 is 0.879 bits per heavy atom. The molecular formula is C28H24ClNO3. The number of carbonyl (C=O) groups excluding carboxylic acids is 2. The number of benzene rings is 3. The SMILES string of the molecule is O=C1CCCC2=C1C(c1ccc(OCc3ccccc3)cc1)CC(=O)N2c1ccccc1Cl. The lowest BCUT2D eigenvalue weighted by Gasteiger charge is -2.38. The quantitative estimate of drug-likeness (QED) is 0.442. The molecule has 3 aromatic carbocycles. The van der Waals surface area contributed by atoms with E-state index in [1.54, 1.807) is 11.0 Å². The maximum atomic E-state index is 13.3. The average molecular weight is 458 g/mol. The summed E-state index contributed by atoms with van der Waals surface area (Å²) in [4.78, 5) is 28.0. The van der Waals surface area contributed by atoms with Crippen LogP contribution in [0.1, 0.15) is 42.7 Å². The summed E-state index contributed by atoms with van der Waals surface area (Å²) in [6, 6.07) is 25.1. The molecule has 166 valence electrons. The maximum absolute atomic E-state index is 13.3. The number of ketones is 1. The number of ether oxygens (including phenoxy) is 1. The van der Waals surface area contributed by atoms with Crippen molar-refractivity contribution in [1.29, 1.82) is 0 Å². The van der Waals surface area contributed by atoms with Gasteiger partial charge in [-0.3, -0.25) is 14.5 Å². The minimum absolute atomic E-state index is 0.0362. The van der Waals surface area contributed by atoms with Crippen LogP contribution in [-0.4, -0.2) is 11.7 Å². The van der Waals surface area contributed by atoms with Crippen molar-refractivity contribution in [3.8, 4) is 5.75 Å². The van der Waals surface area contributed by atoms with E-state index in [1.165, 1.54) is 0 Å². The number of hydrogen-bond donors (Lipinski definition) is 0. The van der Waals surface area contributed by atoms with Gasteiger partial charge in [-0.05, 0) is 48.2 Å². The predicted molar refractivity (Wildman–Crippen MR) is 129 cm³/mol. The fourth-order valence-electron chi connectivity index (χ4n) is 4.73. The maximum Gasteiger partial charge on any atom is 0.232 e. The lowest BCUT2D eigenvalue weighted by Crippen LogP contribution is -2.40. The van der Waals surface area contributed by atoms with E-state index in [1.807, 2.05) is 72.8 Å². The van der Waals surface area contributed by atoms with Crippen LogP contribution in [0.25, 0.3) is 0 Å². The number of Topliss-reactive ketones (excluding diaryl/α,β-unsaturated/α-hetero) is 1. The van der Waals surface area contributed by atoms with E-state index >= 15 is 0 Å². The largest absolute Gasteiger partial charge is 0.489 e. The Bertz CT molecular complexity index is 1220. The first kappa shape index (κ1) is 21.5. The minimum Gasteiger partial charge on any atom is -0.489 e. The zero-order valence-corrected chi connectivity index (χ0v) is 18.9. The van der Waals surface area contributed by atoms with Crippen molar-refractivity contribution < 1.29 is 14.3 Å². The standard InChI is InChI=1S/C28H24ClNO3/c29-23-9-4-5-10-24(23)30-25-11-6-12-26(31)28(25)22(17-27(30)32)20-13-15-21(16-14-20)33-18-19-7-2-1-3-8-19/h1-5,7-10,13-16,22H,6,11-12,17-18H2. The molecular weight excluding hydrogens is 434 g/mol. The van der Waals surface area contributed by atoms with Crippen LogP contribution in [0.3, 0.4) is 0 Å².